The second kappa shape index (κ2) is 8.94. The van der Waals surface area contributed by atoms with E-state index in [1.165, 1.54) is 7.11 Å². The Morgan fingerprint density at radius 1 is 1.31 bits per heavy atom. The van der Waals surface area contributed by atoms with Crippen LogP contribution < -0.4 is 20.1 Å². The molecule has 2 rings (SSSR count). The van der Waals surface area contributed by atoms with Gasteiger partial charge in [-0.1, -0.05) is 18.2 Å². The van der Waals surface area contributed by atoms with Crippen molar-refractivity contribution in [1.82, 2.24) is 10.6 Å². The number of ether oxygens (including phenoxy) is 3. The molecule has 0 saturated carbocycles. The van der Waals surface area contributed by atoms with Gasteiger partial charge in [0.1, 0.15) is 6.61 Å². The third-order valence-corrected chi connectivity index (χ3v) is 3.86. The highest BCUT2D eigenvalue weighted by molar-refractivity contribution is 5.95. The van der Waals surface area contributed by atoms with Gasteiger partial charge in [0.15, 0.2) is 11.5 Å². The van der Waals surface area contributed by atoms with Gasteiger partial charge in [-0.2, -0.15) is 0 Å². The minimum Gasteiger partial charge on any atom is -0.493 e. The second-order valence-corrected chi connectivity index (χ2v) is 5.58. The van der Waals surface area contributed by atoms with Crippen LogP contribution in [0.1, 0.15) is 32.4 Å². The zero-order valence-electron chi connectivity index (χ0n) is 15.4. The largest absolute Gasteiger partial charge is 0.493 e. The number of hydrogen-bond donors (Lipinski definition) is 2. The number of carbonyl (C=O) groups excluding carboxylic acids is 2. The van der Waals surface area contributed by atoms with Gasteiger partial charge in [-0.3, -0.25) is 0 Å². The predicted molar refractivity (Wildman–Crippen MR) is 97.0 cm³/mol. The molecule has 1 aromatic rings. The molecule has 2 amide bonds. The standard InChI is InChI=1S/C19H24N2O5/c1-5-7-10-26-18(22)16-12(3)20-19(23)21-17(16)13-8-9-14(25-6-2)15(11-13)24-4/h5,7-9,11,17H,6,10H2,1-4H3,(H2,20,21,23)/b7-5-/t17-/m0/s1. The van der Waals surface area contributed by atoms with Crippen LogP contribution >= 0.6 is 0 Å². The lowest BCUT2D eigenvalue weighted by Crippen LogP contribution is -2.45. The van der Waals surface area contributed by atoms with Crippen LogP contribution in [0, 0.1) is 0 Å². The first-order chi connectivity index (χ1) is 12.5. The molecule has 1 aliphatic heterocycles. The lowest BCUT2D eigenvalue weighted by atomic mass is 9.95. The molecule has 0 fully saturated rings. The summed E-state index contributed by atoms with van der Waals surface area (Å²) in [6, 6.07) is 4.25. The molecule has 7 heteroatoms. The molecular formula is C19H24N2O5. The van der Waals surface area contributed by atoms with Crippen molar-refractivity contribution in [2.75, 3.05) is 20.3 Å². The van der Waals surface area contributed by atoms with Gasteiger partial charge in [-0.25, -0.2) is 9.59 Å². The molecule has 0 spiro atoms. The van der Waals surface area contributed by atoms with Gasteiger partial charge in [-0.05, 0) is 38.5 Å². The van der Waals surface area contributed by atoms with Gasteiger partial charge in [0.05, 0.1) is 25.3 Å². The van der Waals surface area contributed by atoms with E-state index in [-0.39, 0.29) is 12.6 Å². The molecule has 7 nitrogen and oxygen atoms in total. The van der Waals surface area contributed by atoms with Gasteiger partial charge in [-0.15, -0.1) is 0 Å². The van der Waals surface area contributed by atoms with Crippen LogP contribution in [0.3, 0.4) is 0 Å². The summed E-state index contributed by atoms with van der Waals surface area (Å²) in [6.45, 7) is 6.06. The van der Waals surface area contributed by atoms with Crippen LogP contribution in [0.5, 0.6) is 11.5 Å². The first-order valence-corrected chi connectivity index (χ1v) is 8.39. The van der Waals surface area contributed by atoms with Gasteiger partial charge in [0, 0.05) is 5.70 Å². The topological polar surface area (TPSA) is 85.9 Å². The van der Waals surface area contributed by atoms with Crippen molar-refractivity contribution >= 4 is 12.0 Å². The third kappa shape index (κ3) is 4.36. The van der Waals surface area contributed by atoms with E-state index in [0.29, 0.717) is 34.9 Å². The molecule has 1 heterocycles. The van der Waals surface area contributed by atoms with Gasteiger partial charge >= 0.3 is 12.0 Å². The lowest BCUT2D eigenvalue weighted by Gasteiger charge is -2.28. The summed E-state index contributed by atoms with van der Waals surface area (Å²) < 4.78 is 16.1. The minimum atomic E-state index is -0.647. The highest BCUT2D eigenvalue weighted by Gasteiger charge is 2.32. The summed E-state index contributed by atoms with van der Waals surface area (Å²) in [7, 11) is 1.54. The van der Waals surface area contributed by atoms with E-state index in [2.05, 4.69) is 10.6 Å². The summed E-state index contributed by atoms with van der Waals surface area (Å²) >= 11 is 0. The molecule has 0 aromatic heterocycles. The van der Waals surface area contributed by atoms with Gasteiger partial charge in [0.2, 0.25) is 0 Å². The highest BCUT2D eigenvalue weighted by atomic mass is 16.5. The number of benzene rings is 1. The van der Waals surface area contributed by atoms with E-state index in [1.807, 2.05) is 13.8 Å². The number of nitrogens with one attached hydrogen (secondary N) is 2. The van der Waals surface area contributed by atoms with Crippen LogP contribution in [-0.2, 0) is 9.53 Å². The highest BCUT2D eigenvalue weighted by Crippen LogP contribution is 2.34. The summed E-state index contributed by atoms with van der Waals surface area (Å²) in [5.74, 6) is 0.624. The molecule has 0 radical (unpaired) electrons. The molecule has 1 atom stereocenters. The fourth-order valence-corrected chi connectivity index (χ4v) is 2.65. The molecule has 1 aromatic carbocycles. The van der Waals surface area contributed by atoms with E-state index in [4.69, 9.17) is 14.2 Å². The van der Waals surface area contributed by atoms with E-state index in [0.717, 1.165) is 0 Å². The summed E-state index contributed by atoms with van der Waals surface area (Å²) in [6.07, 6.45) is 3.53. The fourth-order valence-electron chi connectivity index (χ4n) is 2.65. The van der Waals surface area contributed by atoms with Crippen LogP contribution in [0.4, 0.5) is 4.79 Å². The molecular weight excluding hydrogens is 336 g/mol. The Balaban J connectivity index is 2.39. The number of hydrogen-bond acceptors (Lipinski definition) is 5. The van der Waals surface area contributed by atoms with Crippen molar-refractivity contribution < 1.29 is 23.8 Å². The normalized spacial score (nSPS) is 16.9. The molecule has 140 valence electrons. The third-order valence-electron chi connectivity index (χ3n) is 3.86. The SMILES string of the molecule is C/C=C\COC(=O)C1=C(C)NC(=O)N[C@H]1c1ccc(OCC)c(OC)c1. The average Bonchev–Trinajstić information content (AvgIpc) is 2.61. The smallest absolute Gasteiger partial charge is 0.338 e. The first-order valence-electron chi connectivity index (χ1n) is 8.39. The Bertz CT molecular complexity index is 739. The number of amides is 2. The summed E-state index contributed by atoms with van der Waals surface area (Å²) in [5, 5.41) is 5.38. The number of rotatable bonds is 7. The van der Waals surface area contributed by atoms with Crippen molar-refractivity contribution in [3.8, 4) is 11.5 Å². The predicted octanol–water partition coefficient (Wildman–Crippen LogP) is 2.84. The average molecular weight is 360 g/mol. The second-order valence-electron chi connectivity index (χ2n) is 5.58. The number of methoxy groups -OCH3 is 1. The van der Waals surface area contributed by atoms with Crippen LogP contribution in [0.2, 0.25) is 0 Å². The summed E-state index contributed by atoms with van der Waals surface area (Å²) in [4.78, 5) is 24.5. The molecule has 26 heavy (non-hydrogen) atoms. The van der Waals surface area contributed by atoms with E-state index < -0.39 is 12.0 Å². The number of carbonyl (C=O) groups is 2. The quantitative estimate of drug-likeness (QED) is 0.577. The van der Waals surface area contributed by atoms with Gasteiger partial charge in [0.25, 0.3) is 0 Å². The fraction of sp³-hybridized carbons (Fsp3) is 0.368. The Morgan fingerprint density at radius 2 is 2.08 bits per heavy atom. The molecule has 0 aliphatic carbocycles. The minimum absolute atomic E-state index is 0.166. The monoisotopic (exact) mass is 360 g/mol. The first kappa shape index (κ1) is 19.4. The maximum Gasteiger partial charge on any atom is 0.338 e. The molecule has 0 bridgehead atoms. The maximum atomic E-state index is 12.5. The molecule has 1 aliphatic rings. The molecule has 2 N–H and O–H groups in total. The van der Waals surface area contributed by atoms with Crippen LogP contribution in [0.25, 0.3) is 0 Å². The van der Waals surface area contributed by atoms with E-state index in [9.17, 15) is 9.59 Å². The summed E-state index contributed by atoms with van der Waals surface area (Å²) in [5.41, 5.74) is 1.50. The van der Waals surface area contributed by atoms with Crippen molar-refractivity contribution in [2.24, 2.45) is 0 Å². The lowest BCUT2D eigenvalue weighted by molar-refractivity contribution is -0.138. The van der Waals surface area contributed by atoms with E-state index >= 15 is 0 Å². The number of allylic oxidation sites excluding steroid dienone is 2. The van der Waals surface area contributed by atoms with E-state index in [1.54, 1.807) is 37.3 Å². The number of esters is 1. The molecule has 0 unspecified atom stereocenters. The van der Waals surface area contributed by atoms with Crippen LogP contribution in [-0.4, -0.2) is 32.3 Å². The van der Waals surface area contributed by atoms with Crippen molar-refractivity contribution in [2.45, 2.75) is 26.8 Å². The Morgan fingerprint density at radius 3 is 2.73 bits per heavy atom. The van der Waals surface area contributed by atoms with Crippen LogP contribution in [0.15, 0.2) is 41.6 Å². The number of urea groups is 1. The zero-order valence-corrected chi connectivity index (χ0v) is 15.4. The van der Waals surface area contributed by atoms with Crippen molar-refractivity contribution in [1.29, 1.82) is 0 Å². The maximum absolute atomic E-state index is 12.5. The zero-order chi connectivity index (χ0) is 19.1. The Hall–Kier alpha value is -2.96. The Kier molecular flexibility index (Phi) is 6.66. The Labute approximate surface area is 153 Å². The molecule has 0 saturated heterocycles. The van der Waals surface area contributed by atoms with Crippen molar-refractivity contribution in [3.05, 3.63) is 47.2 Å². The van der Waals surface area contributed by atoms with Gasteiger partial charge < -0.3 is 24.8 Å². The van der Waals surface area contributed by atoms with Crippen molar-refractivity contribution in [3.63, 3.8) is 0 Å².